The summed E-state index contributed by atoms with van der Waals surface area (Å²) in [6.07, 6.45) is 6.30. The van der Waals surface area contributed by atoms with Gasteiger partial charge in [-0.05, 0) is 65.6 Å². The number of amides is 1. The molecule has 1 aromatic carbocycles. The topological polar surface area (TPSA) is 94.9 Å². The lowest BCUT2D eigenvalue weighted by molar-refractivity contribution is 0.0714. The van der Waals surface area contributed by atoms with E-state index in [0.717, 1.165) is 36.4 Å². The van der Waals surface area contributed by atoms with Crippen LogP contribution >= 0.6 is 0 Å². The molecule has 30 heavy (non-hydrogen) atoms. The molecule has 0 fully saturated rings. The van der Waals surface area contributed by atoms with Gasteiger partial charge in [0.25, 0.3) is 5.91 Å². The van der Waals surface area contributed by atoms with E-state index in [-0.39, 0.29) is 5.91 Å². The number of carbonyl (C=O) groups excluding carboxylic acids is 1. The minimum Gasteiger partial charge on any atom is -0.467 e. The van der Waals surface area contributed by atoms with Gasteiger partial charge < -0.3 is 9.32 Å². The van der Waals surface area contributed by atoms with Gasteiger partial charge in [-0.25, -0.2) is 4.68 Å². The van der Waals surface area contributed by atoms with Crippen LogP contribution in [0, 0.1) is 0 Å². The van der Waals surface area contributed by atoms with Gasteiger partial charge in [0.1, 0.15) is 12.1 Å². The van der Waals surface area contributed by atoms with Crippen molar-refractivity contribution >= 4 is 5.91 Å². The Kier molecular flexibility index (Phi) is 4.62. The van der Waals surface area contributed by atoms with Gasteiger partial charge in [-0.3, -0.25) is 9.48 Å². The Bertz CT molecular complexity index is 1160. The Morgan fingerprint density at radius 1 is 1.20 bits per heavy atom. The number of tetrazole rings is 1. The molecule has 152 valence electrons. The fourth-order valence-corrected chi connectivity index (χ4v) is 4.04. The number of carbonyl (C=O) groups is 1. The molecule has 0 saturated carbocycles. The van der Waals surface area contributed by atoms with E-state index in [1.54, 1.807) is 23.3 Å². The summed E-state index contributed by atoms with van der Waals surface area (Å²) in [5.41, 5.74) is 4.79. The molecular formula is C21H21N7O2. The van der Waals surface area contributed by atoms with Crippen LogP contribution in [0.15, 0.2) is 53.4 Å². The van der Waals surface area contributed by atoms with Crippen LogP contribution in [0.3, 0.4) is 0 Å². The number of nitrogens with zero attached hydrogens (tertiary/aromatic N) is 7. The normalized spacial score (nSPS) is 12.8. The van der Waals surface area contributed by atoms with Crippen molar-refractivity contribution in [2.75, 3.05) is 0 Å². The molecular weight excluding hydrogens is 382 g/mol. The van der Waals surface area contributed by atoms with Crippen LogP contribution in [0.25, 0.3) is 5.69 Å². The van der Waals surface area contributed by atoms with Crippen LogP contribution in [-0.2, 0) is 33.0 Å². The van der Waals surface area contributed by atoms with Crippen molar-refractivity contribution in [3.05, 3.63) is 77.3 Å². The van der Waals surface area contributed by atoms with Crippen molar-refractivity contribution in [1.82, 2.24) is 34.9 Å². The minimum atomic E-state index is -0.0984. The third-order valence-electron chi connectivity index (χ3n) is 5.46. The van der Waals surface area contributed by atoms with Gasteiger partial charge in [0.2, 0.25) is 0 Å². The first-order chi connectivity index (χ1) is 14.7. The monoisotopic (exact) mass is 403 g/mol. The van der Waals surface area contributed by atoms with Gasteiger partial charge in [0.05, 0.1) is 30.7 Å². The summed E-state index contributed by atoms with van der Waals surface area (Å²) in [5.74, 6) is 0.631. The molecule has 1 amide bonds. The van der Waals surface area contributed by atoms with Gasteiger partial charge in [-0.1, -0.05) is 6.07 Å². The zero-order chi connectivity index (χ0) is 20.5. The van der Waals surface area contributed by atoms with Crippen LogP contribution in [0.5, 0.6) is 0 Å². The second-order valence-corrected chi connectivity index (χ2v) is 7.39. The van der Waals surface area contributed by atoms with E-state index >= 15 is 0 Å². The molecule has 9 nitrogen and oxygen atoms in total. The largest absolute Gasteiger partial charge is 0.467 e. The SMILES string of the molecule is Cn1nc(CN(Cc2ccco2)C(=O)c2cccc(-n3cnnn3)c2)c2c1CCC2. The Labute approximate surface area is 172 Å². The smallest absolute Gasteiger partial charge is 0.254 e. The summed E-state index contributed by atoms with van der Waals surface area (Å²) in [5, 5.41) is 15.9. The molecule has 4 aromatic rings. The minimum absolute atomic E-state index is 0.0984. The third-order valence-corrected chi connectivity index (χ3v) is 5.46. The van der Waals surface area contributed by atoms with Gasteiger partial charge in [0.15, 0.2) is 0 Å². The van der Waals surface area contributed by atoms with Crippen molar-refractivity contribution in [1.29, 1.82) is 0 Å². The molecule has 5 rings (SSSR count). The van der Waals surface area contributed by atoms with Crippen molar-refractivity contribution in [3.8, 4) is 5.69 Å². The van der Waals surface area contributed by atoms with E-state index in [9.17, 15) is 4.79 Å². The maximum Gasteiger partial charge on any atom is 0.254 e. The number of hydrogen-bond donors (Lipinski definition) is 0. The highest BCUT2D eigenvalue weighted by molar-refractivity contribution is 5.94. The van der Waals surface area contributed by atoms with E-state index in [1.807, 2.05) is 36.0 Å². The molecule has 0 unspecified atom stereocenters. The lowest BCUT2D eigenvalue weighted by Crippen LogP contribution is -2.30. The lowest BCUT2D eigenvalue weighted by Gasteiger charge is -2.21. The molecule has 0 radical (unpaired) electrons. The zero-order valence-corrected chi connectivity index (χ0v) is 16.6. The highest BCUT2D eigenvalue weighted by atomic mass is 16.3. The van der Waals surface area contributed by atoms with Gasteiger partial charge >= 0.3 is 0 Å². The summed E-state index contributed by atoms with van der Waals surface area (Å²) >= 11 is 0. The number of furan rings is 1. The molecule has 0 aliphatic heterocycles. The van der Waals surface area contributed by atoms with E-state index < -0.39 is 0 Å². The highest BCUT2D eigenvalue weighted by Crippen LogP contribution is 2.26. The Morgan fingerprint density at radius 3 is 2.93 bits per heavy atom. The first-order valence-electron chi connectivity index (χ1n) is 9.88. The average molecular weight is 403 g/mol. The van der Waals surface area contributed by atoms with E-state index in [4.69, 9.17) is 9.52 Å². The first kappa shape index (κ1) is 18.3. The molecule has 0 spiro atoms. The molecule has 1 aliphatic rings. The van der Waals surface area contributed by atoms with Gasteiger partial charge in [-0.15, -0.1) is 5.10 Å². The van der Waals surface area contributed by atoms with E-state index in [0.29, 0.717) is 18.7 Å². The molecule has 0 saturated heterocycles. The molecule has 3 aromatic heterocycles. The second-order valence-electron chi connectivity index (χ2n) is 7.39. The summed E-state index contributed by atoms with van der Waals surface area (Å²) in [7, 11) is 1.97. The number of hydrogen-bond acceptors (Lipinski definition) is 6. The van der Waals surface area contributed by atoms with Crippen molar-refractivity contribution in [2.45, 2.75) is 32.4 Å². The number of aryl methyl sites for hydroxylation is 1. The van der Waals surface area contributed by atoms with Crippen LogP contribution in [-0.4, -0.2) is 40.8 Å². The van der Waals surface area contributed by atoms with Gasteiger partial charge in [0, 0.05) is 18.3 Å². The summed E-state index contributed by atoms with van der Waals surface area (Å²) in [4.78, 5) is 15.3. The van der Waals surface area contributed by atoms with Crippen molar-refractivity contribution in [3.63, 3.8) is 0 Å². The average Bonchev–Trinajstić information content (AvgIpc) is 3.55. The maximum absolute atomic E-state index is 13.5. The highest BCUT2D eigenvalue weighted by Gasteiger charge is 2.25. The van der Waals surface area contributed by atoms with Crippen molar-refractivity contribution in [2.24, 2.45) is 7.05 Å². The quantitative estimate of drug-likeness (QED) is 0.490. The molecule has 0 bridgehead atoms. The van der Waals surface area contributed by atoms with Crippen LogP contribution in [0.4, 0.5) is 0 Å². The van der Waals surface area contributed by atoms with Crippen LogP contribution in [0.1, 0.15) is 39.5 Å². The Balaban J connectivity index is 1.47. The number of fused-ring (bicyclic) bond motifs is 1. The number of aromatic nitrogens is 6. The zero-order valence-electron chi connectivity index (χ0n) is 16.6. The van der Waals surface area contributed by atoms with Crippen LogP contribution in [0.2, 0.25) is 0 Å². The third kappa shape index (κ3) is 3.38. The molecule has 3 heterocycles. The summed E-state index contributed by atoms with van der Waals surface area (Å²) < 4.78 is 9.00. The Hall–Kier alpha value is -3.75. The predicted molar refractivity (Wildman–Crippen MR) is 107 cm³/mol. The predicted octanol–water partition coefficient (Wildman–Crippen LogP) is 2.32. The van der Waals surface area contributed by atoms with Crippen molar-refractivity contribution < 1.29 is 9.21 Å². The maximum atomic E-state index is 13.5. The summed E-state index contributed by atoms with van der Waals surface area (Å²) in [6.45, 7) is 0.796. The number of benzene rings is 1. The van der Waals surface area contributed by atoms with E-state index in [2.05, 4.69) is 15.5 Å². The number of rotatable bonds is 6. The molecule has 0 atom stereocenters. The van der Waals surface area contributed by atoms with Gasteiger partial charge in [-0.2, -0.15) is 5.10 Å². The standard InChI is InChI=1S/C21H21N7O2/c1-26-20-9-3-8-18(20)19(23-26)13-27(12-17-7-4-10-30-17)21(29)15-5-2-6-16(11-15)28-14-22-24-25-28/h2,4-7,10-11,14H,3,8-9,12-13H2,1H3. The fourth-order valence-electron chi connectivity index (χ4n) is 4.04. The molecule has 1 aliphatic carbocycles. The Morgan fingerprint density at radius 2 is 2.13 bits per heavy atom. The first-order valence-corrected chi connectivity index (χ1v) is 9.88. The second kappa shape index (κ2) is 7.58. The summed E-state index contributed by atoms with van der Waals surface area (Å²) in [6, 6.07) is 11.0. The van der Waals surface area contributed by atoms with Crippen LogP contribution < -0.4 is 0 Å². The lowest BCUT2D eigenvalue weighted by atomic mass is 10.1. The fraction of sp³-hybridized carbons (Fsp3) is 0.286. The molecule has 9 heteroatoms. The van der Waals surface area contributed by atoms with E-state index in [1.165, 1.54) is 22.3 Å². The molecule has 0 N–H and O–H groups in total.